The van der Waals surface area contributed by atoms with Crippen molar-refractivity contribution in [3.63, 3.8) is 0 Å². The van der Waals surface area contributed by atoms with Crippen LogP contribution in [0.3, 0.4) is 0 Å². The molecule has 4 rings (SSSR count). The summed E-state index contributed by atoms with van der Waals surface area (Å²) in [6, 6.07) is 12.3. The smallest absolute Gasteiger partial charge is 0.277 e. The number of nitrogens with one attached hydrogen (secondary N) is 1. The van der Waals surface area contributed by atoms with Gasteiger partial charge in [-0.1, -0.05) is 17.3 Å². The minimum atomic E-state index is -0.201. The van der Waals surface area contributed by atoms with Crippen LogP contribution in [-0.2, 0) is 11.3 Å². The molecular weight excluding hydrogens is 348 g/mol. The van der Waals surface area contributed by atoms with Crippen LogP contribution < -0.4 is 20.3 Å². The Balaban J connectivity index is 1.35. The molecule has 0 fully saturated rings. The lowest BCUT2D eigenvalue weighted by atomic mass is 10.2. The largest absolute Gasteiger partial charge is 0.486 e. The first kappa shape index (κ1) is 17.0. The summed E-state index contributed by atoms with van der Waals surface area (Å²) in [6.07, 6.45) is 0.735. The number of hydrogen-bond acceptors (Lipinski definition) is 6. The van der Waals surface area contributed by atoms with Crippen molar-refractivity contribution in [2.24, 2.45) is 0 Å². The fourth-order valence-electron chi connectivity index (χ4n) is 2.90. The second-order valence-electron chi connectivity index (χ2n) is 6.15. The summed E-state index contributed by atoms with van der Waals surface area (Å²) in [4.78, 5) is 24.5. The summed E-state index contributed by atoms with van der Waals surface area (Å²) in [5, 5.41) is 11.3. The standard InChI is InChI=1S/C19H18N4O4/c24-18(20-13-7-8-16-17(12-13)27-11-10-26-16)6-3-9-23-19(25)14-4-1-2-5-15(14)21-22-23/h1-2,4-5,7-8,12H,3,6,9-11H2,(H,20,24). The molecule has 0 radical (unpaired) electrons. The van der Waals surface area contributed by atoms with Crippen molar-refractivity contribution in [1.29, 1.82) is 0 Å². The molecule has 0 atom stereocenters. The summed E-state index contributed by atoms with van der Waals surface area (Å²) in [5.41, 5.74) is 1.01. The first-order valence-corrected chi connectivity index (χ1v) is 8.73. The molecule has 2 heterocycles. The third-order valence-electron chi connectivity index (χ3n) is 4.23. The van der Waals surface area contributed by atoms with E-state index in [-0.39, 0.29) is 17.9 Å². The number of aromatic nitrogens is 3. The molecule has 0 saturated heterocycles. The van der Waals surface area contributed by atoms with E-state index in [1.165, 1.54) is 4.68 Å². The van der Waals surface area contributed by atoms with E-state index in [0.29, 0.717) is 54.3 Å². The van der Waals surface area contributed by atoms with Crippen molar-refractivity contribution >= 4 is 22.5 Å². The quantitative estimate of drug-likeness (QED) is 0.742. The highest BCUT2D eigenvalue weighted by molar-refractivity contribution is 5.91. The van der Waals surface area contributed by atoms with Crippen LogP contribution >= 0.6 is 0 Å². The van der Waals surface area contributed by atoms with Crippen molar-refractivity contribution in [2.75, 3.05) is 18.5 Å². The van der Waals surface area contributed by atoms with Crippen LogP contribution in [0, 0.1) is 0 Å². The normalized spacial score (nSPS) is 12.7. The zero-order chi connectivity index (χ0) is 18.6. The SMILES string of the molecule is O=C(CCCn1nnc2ccccc2c1=O)Nc1ccc2c(c1)OCCO2. The molecule has 8 nitrogen and oxygen atoms in total. The van der Waals surface area contributed by atoms with Crippen molar-refractivity contribution in [1.82, 2.24) is 15.0 Å². The number of nitrogens with zero attached hydrogens (tertiary/aromatic N) is 3. The minimum absolute atomic E-state index is 0.145. The molecule has 8 heteroatoms. The van der Waals surface area contributed by atoms with E-state index in [1.807, 2.05) is 6.07 Å². The molecule has 0 unspecified atom stereocenters. The highest BCUT2D eigenvalue weighted by Gasteiger charge is 2.13. The van der Waals surface area contributed by atoms with E-state index in [1.54, 1.807) is 36.4 Å². The van der Waals surface area contributed by atoms with Gasteiger partial charge in [0.15, 0.2) is 11.5 Å². The summed E-state index contributed by atoms with van der Waals surface area (Å²) in [5.74, 6) is 1.15. The number of ether oxygens (including phenoxy) is 2. The maximum Gasteiger partial charge on any atom is 0.277 e. The molecule has 2 aromatic carbocycles. The maximum atomic E-state index is 12.4. The van der Waals surface area contributed by atoms with Gasteiger partial charge in [0.05, 0.1) is 5.39 Å². The van der Waals surface area contributed by atoms with Gasteiger partial charge in [-0.25, -0.2) is 4.68 Å². The number of fused-ring (bicyclic) bond motifs is 2. The van der Waals surface area contributed by atoms with Gasteiger partial charge in [-0.3, -0.25) is 9.59 Å². The van der Waals surface area contributed by atoms with Crippen LogP contribution in [-0.4, -0.2) is 34.1 Å². The zero-order valence-corrected chi connectivity index (χ0v) is 14.6. The number of aryl methyl sites for hydroxylation is 1. The number of anilines is 1. The molecule has 0 spiro atoms. The highest BCUT2D eigenvalue weighted by Crippen LogP contribution is 2.32. The van der Waals surface area contributed by atoms with Crippen molar-refractivity contribution < 1.29 is 14.3 Å². The van der Waals surface area contributed by atoms with Crippen LogP contribution in [0.1, 0.15) is 12.8 Å². The van der Waals surface area contributed by atoms with Gasteiger partial charge in [0.25, 0.3) is 5.56 Å². The second-order valence-corrected chi connectivity index (χ2v) is 6.15. The van der Waals surface area contributed by atoms with Crippen molar-refractivity contribution in [3.8, 4) is 11.5 Å². The van der Waals surface area contributed by atoms with E-state index in [9.17, 15) is 9.59 Å². The third kappa shape index (κ3) is 3.74. The second kappa shape index (κ2) is 7.45. The number of amides is 1. The topological polar surface area (TPSA) is 95.3 Å². The average molecular weight is 366 g/mol. The Bertz CT molecular complexity index is 1050. The molecule has 1 aromatic heterocycles. The summed E-state index contributed by atoms with van der Waals surface area (Å²) >= 11 is 0. The summed E-state index contributed by atoms with van der Waals surface area (Å²) in [6.45, 7) is 1.34. The molecule has 0 aliphatic carbocycles. The van der Waals surface area contributed by atoms with Crippen LogP contribution in [0.15, 0.2) is 47.3 Å². The Hall–Kier alpha value is -3.42. The molecule has 3 aromatic rings. The number of carbonyl (C=O) groups excluding carboxylic acids is 1. The Kier molecular flexibility index (Phi) is 4.69. The Labute approximate surface area is 154 Å². The van der Waals surface area contributed by atoms with Gasteiger partial charge in [0.2, 0.25) is 5.91 Å². The van der Waals surface area contributed by atoms with E-state index in [2.05, 4.69) is 15.6 Å². The lowest BCUT2D eigenvalue weighted by molar-refractivity contribution is -0.116. The zero-order valence-electron chi connectivity index (χ0n) is 14.6. The van der Waals surface area contributed by atoms with E-state index in [4.69, 9.17) is 9.47 Å². The molecule has 1 aliphatic heterocycles. The van der Waals surface area contributed by atoms with Crippen molar-refractivity contribution in [3.05, 3.63) is 52.8 Å². The Morgan fingerprint density at radius 3 is 2.81 bits per heavy atom. The molecule has 0 bridgehead atoms. The van der Waals surface area contributed by atoms with Gasteiger partial charge in [0.1, 0.15) is 18.7 Å². The molecule has 138 valence electrons. The summed E-state index contributed by atoms with van der Waals surface area (Å²) < 4.78 is 12.3. The number of hydrogen-bond donors (Lipinski definition) is 1. The van der Waals surface area contributed by atoms with Crippen LogP contribution in [0.4, 0.5) is 5.69 Å². The van der Waals surface area contributed by atoms with Gasteiger partial charge in [-0.15, -0.1) is 5.10 Å². The maximum absolute atomic E-state index is 12.4. The summed E-state index contributed by atoms with van der Waals surface area (Å²) in [7, 11) is 0. The Morgan fingerprint density at radius 1 is 1.11 bits per heavy atom. The van der Waals surface area contributed by atoms with Gasteiger partial charge in [0, 0.05) is 24.7 Å². The van der Waals surface area contributed by atoms with E-state index < -0.39 is 0 Å². The molecular formula is C19H18N4O4. The van der Waals surface area contributed by atoms with Gasteiger partial charge >= 0.3 is 0 Å². The molecule has 27 heavy (non-hydrogen) atoms. The fourth-order valence-corrected chi connectivity index (χ4v) is 2.90. The van der Waals surface area contributed by atoms with Gasteiger partial charge in [-0.2, -0.15) is 0 Å². The molecule has 1 N–H and O–H groups in total. The monoisotopic (exact) mass is 366 g/mol. The van der Waals surface area contributed by atoms with Crippen LogP contribution in [0.2, 0.25) is 0 Å². The van der Waals surface area contributed by atoms with Crippen LogP contribution in [0.25, 0.3) is 10.9 Å². The van der Waals surface area contributed by atoms with Gasteiger partial charge in [-0.05, 0) is 30.7 Å². The fraction of sp³-hybridized carbons (Fsp3) is 0.263. The predicted molar refractivity (Wildman–Crippen MR) is 99.1 cm³/mol. The average Bonchev–Trinajstić information content (AvgIpc) is 2.70. The highest BCUT2D eigenvalue weighted by atomic mass is 16.6. The van der Waals surface area contributed by atoms with E-state index in [0.717, 1.165) is 0 Å². The van der Waals surface area contributed by atoms with E-state index >= 15 is 0 Å². The molecule has 1 amide bonds. The number of benzene rings is 2. The lowest BCUT2D eigenvalue weighted by Crippen LogP contribution is -2.25. The van der Waals surface area contributed by atoms with Gasteiger partial charge < -0.3 is 14.8 Å². The van der Waals surface area contributed by atoms with Crippen molar-refractivity contribution in [2.45, 2.75) is 19.4 Å². The number of carbonyl (C=O) groups is 1. The number of rotatable bonds is 5. The first-order chi connectivity index (χ1) is 13.2. The predicted octanol–water partition coefficient (Wildman–Crippen LogP) is 1.98. The third-order valence-corrected chi connectivity index (χ3v) is 4.23. The Morgan fingerprint density at radius 2 is 1.93 bits per heavy atom. The molecule has 1 aliphatic rings. The lowest BCUT2D eigenvalue weighted by Gasteiger charge is -2.19. The first-order valence-electron chi connectivity index (χ1n) is 8.73. The van der Waals surface area contributed by atoms with Crippen LogP contribution in [0.5, 0.6) is 11.5 Å². The molecule has 0 saturated carbocycles. The minimum Gasteiger partial charge on any atom is -0.486 e.